The molecule has 7 heteroatoms. The topological polar surface area (TPSA) is 67.9 Å². The number of methoxy groups -OCH3 is 1. The van der Waals surface area contributed by atoms with Gasteiger partial charge in [0.25, 0.3) is 5.91 Å². The zero-order valence-corrected chi connectivity index (χ0v) is 19.5. The number of benzene rings is 2. The van der Waals surface area contributed by atoms with Crippen molar-refractivity contribution in [2.45, 2.75) is 52.2 Å². The summed E-state index contributed by atoms with van der Waals surface area (Å²) in [5, 5.41) is 3.40. The highest BCUT2D eigenvalue weighted by Crippen LogP contribution is 2.23. The standard InChI is InChI=1S/C24H31ClN2O4/c1-6-20(23(29)26-24(2,3)4)27(15-17-11-13-18(30-5)14-12-17)22(28)16-31-21-10-8-7-9-19(21)25/h7-14,20H,6,15-16H2,1-5H3,(H,26,29)/t20-/m1/s1. The van der Waals surface area contributed by atoms with E-state index in [0.717, 1.165) is 11.3 Å². The molecule has 0 radical (unpaired) electrons. The van der Waals surface area contributed by atoms with Crippen LogP contribution in [0.5, 0.6) is 11.5 Å². The zero-order chi connectivity index (χ0) is 23.0. The van der Waals surface area contributed by atoms with Crippen molar-refractivity contribution in [1.82, 2.24) is 10.2 Å². The Bertz CT molecular complexity index is 878. The maximum absolute atomic E-state index is 13.2. The fourth-order valence-electron chi connectivity index (χ4n) is 3.08. The van der Waals surface area contributed by atoms with Gasteiger partial charge in [0.2, 0.25) is 5.91 Å². The maximum Gasteiger partial charge on any atom is 0.261 e. The van der Waals surface area contributed by atoms with Gasteiger partial charge in [-0.25, -0.2) is 0 Å². The van der Waals surface area contributed by atoms with Crippen LogP contribution in [0.25, 0.3) is 0 Å². The van der Waals surface area contributed by atoms with Gasteiger partial charge < -0.3 is 19.7 Å². The second-order valence-corrected chi connectivity index (χ2v) is 8.66. The number of amides is 2. The lowest BCUT2D eigenvalue weighted by molar-refractivity contribution is -0.143. The third-order valence-corrected chi connectivity index (χ3v) is 4.90. The largest absolute Gasteiger partial charge is 0.497 e. The first-order valence-corrected chi connectivity index (χ1v) is 10.6. The highest BCUT2D eigenvalue weighted by molar-refractivity contribution is 6.32. The molecular formula is C24H31ClN2O4. The van der Waals surface area contributed by atoms with Crippen molar-refractivity contribution >= 4 is 23.4 Å². The second kappa shape index (κ2) is 11.0. The van der Waals surface area contributed by atoms with E-state index in [1.807, 2.05) is 52.0 Å². The van der Waals surface area contributed by atoms with Crippen molar-refractivity contribution in [2.24, 2.45) is 0 Å². The van der Waals surface area contributed by atoms with Gasteiger partial charge in [-0.2, -0.15) is 0 Å². The summed E-state index contributed by atoms with van der Waals surface area (Å²) >= 11 is 6.13. The Morgan fingerprint density at radius 3 is 2.29 bits per heavy atom. The molecule has 31 heavy (non-hydrogen) atoms. The van der Waals surface area contributed by atoms with E-state index in [-0.39, 0.29) is 25.0 Å². The molecule has 2 rings (SSSR count). The minimum atomic E-state index is -0.635. The molecule has 1 atom stereocenters. The smallest absolute Gasteiger partial charge is 0.261 e. The number of hydrogen-bond acceptors (Lipinski definition) is 4. The van der Waals surface area contributed by atoms with Crippen molar-refractivity contribution in [1.29, 1.82) is 0 Å². The highest BCUT2D eigenvalue weighted by Gasteiger charge is 2.31. The van der Waals surface area contributed by atoms with Crippen LogP contribution in [0.15, 0.2) is 48.5 Å². The number of nitrogens with one attached hydrogen (secondary N) is 1. The number of ether oxygens (including phenoxy) is 2. The molecule has 0 aliphatic rings. The predicted octanol–water partition coefficient (Wildman–Crippen LogP) is 4.45. The van der Waals surface area contributed by atoms with Crippen LogP contribution in [0.2, 0.25) is 5.02 Å². The lowest BCUT2D eigenvalue weighted by Crippen LogP contribution is -2.54. The van der Waals surface area contributed by atoms with Gasteiger partial charge in [-0.1, -0.05) is 42.8 Å². The molecule has 0 unspecified atom stereocenters. The maximum atomic E-state index is 13.2. The lowest BCUT2D eigenvalue weighted by Gasteiger charge is -2.33. The second-order valence-electron chi connectivity index (χ2n) is 8.25. The van der Waals surface area contributed by atoms with Crippen molar-refractivity contribution in [2.75, 3.05) is 13.7 Å². The Morgan fingerprint density at radius 1 is 1.10 bits per heavy atom. The number of carbonyl (C=O) groups is 2. The van der Waals surface area contributed by atoms with E-state index in [9.17, 15) is 9.59 Å². The molecule has 1 N–H and O–H groups in total. The van der Waals surface area contributed by atoms with E-state index < -0.39 is 11.6 Å². The first kappa shape index (κ1) is 24.5. The number of halogens is 1. The van der Waals surface area contributed by atoms with E-state index in [2.05, 4.69) is 5.32 Å². The summed E-state index contributed by atoms with van der Waals surface area (Å²) in [6.45, 7) is 7.66. The quantitative estimate of drug-likeness (QED) is 0.617. The van der Waals surface area contributed by atoms with E-state index in [1.165, 1.54) is 0 Å². The van der Waals surface area contributed by atoms with Crippen LogP contribution in [0.4, 0.5) is 0 Å². The number of carbonyl (C=O) groups excluding carboxylic acids is 2. The van der Waals surface area contributed by atoms with Gasteiger partial charge in [-0.3, -0.25) is 9.59 Å². The Hall–Kier alpha value is -2.73. The van der Waals surface area contributed by atoms with Crippen LogP contribution in [0, 0.1) is 0 Å². The van der Waals surface area contributed by atoms with E-state index in [4.69, 9.17) is 21.1 Å². The molecule has 0 heterocycles. The minimum Gasteiger partial charge on any atom is -0.497 e. The molecule has 2 amide bonds. The first-order chi connectivity index (χ1) is 14.6. The molecule has 0 saturated carbocycles. The normalized spacial score (nSPS) is 12.1. The number of para-hydroxylation sites is 1. The first-order valence-electron chi connectivity index (χ1n) is 10.3. The number of nitrogens with zero attached hydrogens (tertiary/aromatic N) is 1. The molecule has 0 saturated heterocycles. The van der Waals surface area contributed by atoms with Crippen molar-refractivity contribution in [3.63, 3.8) is 0 Å². The van der Waals surface area contributed by atoms with Crippen molar-refractivity contribution in [3.05, 3.63) is 59.1 Å². The van der Waals surface area contributed by atoms with Crippen molar-refractivity contribution < 1.29 is 19.1 Å². The third-order valence-electron chi connectivity index (χ3n) is 4.58. The highest BCUT2D eigenvalue weighted by atomic mass is 35.5. The SMILES string of the molecule is CC[C@H](C(=O)NC(C)(C)C)N(Cc1ccc(OC)cc1)C(=O)COc1ccccc1Cl. The van der Waals surface area contributed by atoms with Gasteiger partial charge in [0.15, 0.2) is 6.61 Å². The Balaban J connectivity index is 2.24. The molecule has 0 aliphatic carbocycles. The van der Waals surface area contributed by atoms with Gasteiger partial charge in [0, 0.05) is 12.1 Å². The molecular weight excluding hydrogens is 416 g/mol. The summed E-state index contributed by atoms with van der Waals surface area (Å²) in [5.74, 6) is 0.650. The summed E-state index contributed by atoms with van der Waals surface area (Å²) < 4.78 is 10.9. The monoisotopic (exact) mass is 446 g/mol. The molecule has 0 spiro atoms. The predicted molar refractivity (Wildman–Crippen MR) is 122 cm³/mol. The number of hydrogen-bond donors (Lipinski definition) is 1. The third kappa shape index (κ3) is 7.47. The Morgan fingerprint density at radius 2 is 1.74 bits per heavy atom. The molecule has 0 fully saturated rings. The van der Waals surface area contributed by atoms with Gasteiger partial charge >= 0.3 is 0 Å². The van der Waals surface area contributed by atoms with Gasteiger partial charge in [-0.05, 0) is 57.0 Å². The minimum absolute atomic E-state index is 0.199. The molecule has 2 aromatic rings. The van der Waals surface area contributed by atoms with Crippen LogP contribution in [-0.4, -0.2) is 42.0 Å². The van der Waals surface area contributed by atoms with Crippen LogP contribution < -0.4 is 14.8 Å². The molecule has 0 aromatic heterocycles. The van der Waals surface area contributed by atoms with Gasteiger partial charge in [-0.15, -0.1) is 0 Å². The fraction of sp³-hybridized carbons (Fsp3) is 0.417. The molecule has 6 nitrogen and oxygen atoms in total. The van der Waals surface area contributed by atoms with Gasteiger partial charge in [0.05, 0.1) is 12.1 Å². The fourth-order valence-corrected chi connectivity index (χ4v) is 3.27. The van der Waals surface area contributed by atoms with Crippen LogP contribution in [0.3, 0.4) is 0 Å². The average molecular weight is 447 g/mol. The van der Waals surface area contributed by atoms with Gasteiger partial charge in [0.1, 0.15) is 17.5 Å². The van der Waals surface area contributed by atoms with E-state index in [0.29, 0.717) is 17.2 Å². The van der Waals surface area contributed by atoms with Crippen molar-refractivity contribution in [3.8, 4) is 11.5 Å². The average Bonchev–Trinajstić information content (AvgIpc) is 2.72. The van der Waals surface area contributed by atoms with E-state index in [1.54, 1.807) is 36.3 Å². The molecule has 2 aromatic carbocycles. The molecule has 0 aliphatic heterocycles. The summed E-state index contributed by atoms with van der Waals surface area (Å²) in [4.78, 5) is 27.7. The summed E-state index contributed by atoms with van der Waals surface area (Å²) in [6, 6.07) is 13.7. The van der Waals surface area contributed by atoms with Crippen LogP contribution >= 0.6 is 11.6 Å². The lowest BCUT2D eigenvalue weighted by atomic mass is 10.1. The van der Waals surface area contributed by atoms with Crippen LogP contribution in [-0.2, 0) is 16.1 Å². The Kier molecular flexibility index (Phi) is 8.75. The Labute approximate surface area is 189 Å². The summed E-state index contributed by atoms with van der Waals surface area (Å²) in [5.41, 5.74) is 0.474. The van der Waals surface area contributed by atoms with E-state index >= 15 is 0 Å². The summed E-state index contributed by atoms with van der Waals surface area (Å²) in [7, 11) is 1.60. The van der Waals surface area contributed by atoms with Crippen LogP contribution in [0.1, 0.15) is 39.7 Å². The number of rotatable bonds is 9. The molecule has 168 valence electrons. The zero-order valence-electron chi connectivity index (χ0n) is 18.8. The molecule has 0 bridgehead atoms. The summed E-state index contributed by atoms with van der Waals surface area (Å²) in [6.07, 6.45) is 0.468.